The number of nitrogens with one attached hydrogen (secondary N) is 2. The van der Waals surface area contributed by atoms with Crippen LogP contribution in [0.1, 0.15) is 20.8 Å². The molecule has 0 radical (unpaired) electrons. The van der Waals surface area contributed by atoms with Gasteiger partial charge in [-0.3, -0.25) is 4.79 Å². The molecule has 0 saturated heterocycles. The fourth-order valence-electron chi connectivity index (χ4n) is 2.83. The number of H-pyrrole nitrogens is 1. The monoisotopic (exact) mass is 380 g/mol. The normalized spacial score (nSPS) is 11.2. The van der Waals surface area contributed by atoms with Crippen molar-refractivity contribution in [3.05, 3.63) is 65.0 Å². The number of carbonyl (C=O) groups is 1. The summed E-state index contributed by atoms with van der Waals surface area (Å²) in [6, 6.07) is 16.8. The van der Waals surface area contributed by atoms with Crippen molar-refractivity contribution in [2.45, 2.75) is 26.4 Å². The number of rotatable bonds is 5. The lowest BCUT2D eigenvalue weighted by atomic mass is 10.1. The molecule has 28 heavy (non-hydrogen) atoms. The molecule has 0 spiro atoms. The number of hydrogen-bond acceptors (Lipinski definition) is 4. The maximum Gasteiger partial charge on any atom is 0.407 e. The van der Waals surface area contributed by atoms with Crippen LogP contribution in [0, 0.1) is 0 Å². The minimum Gasteiger partial charge on any atom is -0.489 e. The fourth-order valence-corrected chi connectivity index (χ4v) is 2.83. The van der Waals surface area contributed by atoms with Crippen LogP contribution in [0.4, 0.5) is 4.79 Å². The molecule has 2 N–H and O–H groups in total. The van der Waals surface area contributed by atoms with Gasteiger partial charge in [-0.25, -0.2) is 4.79 Å². The number of amides is 1. The number of alkyl carbamates (subject to hydrolysis) is 1. The molecule has 0 aliphatic carbocycles. The number of aromatic amines is 1. The number of fused-ring (bicyclic) bond motifs is 1. The van der Waals surface area contributed by atoms with E-state index < -0.39 is 11.7 Å². The van der Waals surface area contributed by atoms with E-state index in [4.69, 9.17) is 9.47 Å². The quantitative estimate of drug-likeness (QED) is 0.653. The molecular weight excluding hydrogens is 356 g/mol. The lowest BCUT2D eigenvalue weighted by molar-refractivity contribution is 0.0520. The van der Waals surface area contributed by atoms with Crippen molar-refractivity contribution in [3.63, 3.8) is 0 Å². The van der Waals surface area contributed by atoms with Gasteiger partial charge in [-0.1, -0.05) is 48.5 Å². The average Bonchev–Trinajstić information content (AvgIpc) is 2.66. The van der Waals surface area contributed by atoms with Gasteiger partial charge < -0.3 is 19.8 Å². The number of ether oxygens (including phenoxy) is 2. The van der Waals surface area contributed by atoms with E-state index in [-0.39, 0.29) is 18.7 Å². The maximum atomic E-state index is 12.5. The molecule has 0 atom stereocenters. The van der Waals surface area contributed by atoms with Crippen molar-refractivity contribution in [2.75, 3.05) is 13.2 Å². The Morgan fingerprint density at radius 2 is 1.64 bits per heavy atom. The number of benzene rings is 2. The molecular formula is C22H24N2O4. The highest BCUT2D eigenvalue weighted by atomic mass is 16.6. The van der Waals surface area contributed by atoms with Crippen molar-refractivity contribution < 1.29 is 14.3 Å². The summed E-state index contributed by atoms with van der Waals surface area (Å²) in [4.78, 5) is 27.2. The van der Waals surface area contributed by atoms with Crippen molar-refractivity contribution in [2.24, 2.45) is 0 Å². The van der Waals surface area contributed by atoms with Crippen LogP contribution in [0.3, 0.4) is 0 Å². The molecule has 1 amide bonds. The van der Waals surface area contributed by atoms with E-state index >= 15 is 0 Å². The molecule has 2 aromatic carbocycles. The largest absolute Gasteiger partial charge is 0.489 e. The van der Waals surface area contributed by atoms with E-state index in [1.807, 2.05) is 69.3 Å². The summed E-state index contributed by atoms with van der Waals surface area (Å²) in [7, 11) is 0. The topological polar surface area (TPSA) is 80.4 Å². The number of pyridine rings is 1. The standard InChI is InChI=1S/C22H24N2O4/c1-22(2,3)28-21(26)23-13-14-27-19-16-11-7-8-12-17(16)20(25)24-18(19)15-9-5-4-6-10-15/h4-12H,13-14H2,1-3H3,(H,23,26)(H,24,25). The van der Waals surface area contributed by atoms with Gasteiger partial charge in [-0.15, -0.1) is 0 Å². The van der Waals surface area contributed by atoms with E-state index in [9.17, 15) is 9.59 Å². The van der Waals surface area contributed by atoms with Gasteiger partial charge in [-0.2, -0.15) is 0 Å². The predicted molar refractivity (Wildman–Crippen MR) is 110 cm³/mol. The molecule has 3 rings (SSSR count). The Morgan fingerprint density at radius 3 is 2.32 bits per heavy atom. The predicted octanol–water partition coefficient (Wildman–Crippen LogP) is 4.10. The second-order valence-corrected chi connectivity index (χ2v) is 7.35. The Balaban J connectivity index is 1.84. The molecule has 0 saturated carbocycles. The zero-order chi connectivity index (χ0) is 20.1. The van der Waals surface area contributed by atoms with Crippen LogP contribution in [-0.4, -0.2) is 29.8 Å². The van der Waals surface area contributed by atoms with Crippen LogP contribution in [-0.2, 0) is 4.74 Å². The summed E-state index contributed by atoms with van der Waals surface area (Å²) in [5.74, 6) is 0.576. The molecule has 1 aromatic heterocycles. The van der Waals surface area contributed by atoms with Crippen molar-refractivity contribution in [1.29, 1.82) is 0 Å². The van der Waals surface area contributed by atoms with Gasteiger partial charge in [0.15, 0.2) is 5.75 Å². The Kier molecular flexibility index (Phi) is 5.68. The van der Waals surface area contributed by atoms with E-state index in [0.29, 0.717) is 16.8 Å². The third-order valence-electron chi connectivity index (χ3n) is 3.96. The van der Waals surface area contributed by atoms with Crippen LogP contribution >= 0.6 is 0 Å². The van der Waals surface area contributed by atoms with Crippen molar-refractivity contribution in [3.8, 4) is 17.0 Å². The Bertz CT molecular complexity index is 1020. The van der Waals surface area contributed by atoms with Crippen LogP contribution in [0.2, 0.25) is 0 Å². The highest BCUT2D eigenvalue weighted by molar-refractivity contribution is 5.92. The van der Waals surface area contributed by atoms with E-state index in [1.165, 1.54) is 0 Å². The minimum absolute atomic E-state index is 0.173. The van der Waals surface area contributed by atoms with Crippen LogP contribution in [0.15, 0.2) is 59.4 Å². The summed E-state index contributed by atoms with van der Waals surface area (Å²) < 4.78 is 11.2. The van der Waals surface area contributed by atoms with Crippen LogP contribution in [0.5, 0.6) is 5.75 Å². The van der Waals surface area contributed by atoms with Crippen LogP contribution in [0.25, 0.3) is 22.0 Å². The van der Waals surface area contributed by atoms with E-state index in [1.54, 1.807) is 6.07 Å². The molecule has 6 heteroatoms. The Labute approximate surface area is 163 Å². The molecule has 146 valence electrons. The van der Waals surface area contributed by atoms with Gasteiger partial charge in [0.25, 0.3) is 5.56 Å². The molecule has 0 bridgehead atoms. The zero-order valence-corrected chi connectivity index (χ0v) is 16.2. The first kappa shape index (κ1) is 19.5. The van der Waals surface area contributed by atoms with Gasteiger partial charge in [0.1, 0.15) is 12.2 Å². The summed E-state index contributed by atoms with van der Waals surface area (Å²) in [6.45, 7) is 5.93. The smallest absolute Gasteiger partial charge is 0.407 e. The Morgan fingerprint density at radius 1 is 1.00 bits per heavy atom. The second-order valence-electron chi connectivity index (χ2n) is 7.35. The summed E-state index contributed by atoms with van der Waals surface area (Å²) >= 11 is 0. The van der Waals surface area contributed by atoms with Gasteiger partial charge in [0.05, 0.1) is 17.6 Å². The number of carbonyl (C=O) groups excluding carboxylic acids is 1. The summed E-state index contributed by atoms with van der Waals surface area (Å²) in [5.41, 5.74) is 0.733. The van der Waals surface area contributed by atoms with Crippen LogP contribution < -0.4 is 15.6 Å². The first-order valence-corrected chi connectivity index (χ1v) is 9.15. The molecule has 0 unspecified atom stereocenters. The molecule has 0 fully saturated rings. The molecule has 3 aromatic rings. The zero-order valence-electron chi connectivity index (χ0n) is 16.2. The number of aromatic nitrogens is 1. The van der Waals surface area contributed by atoms with Crippen molar-refractivity contribution >= 4 is 16.9 Å². The highest BCUT2D eigenvalue weighted by Crippen LogP contribution is 2.33. The SMILES string of the molecule is CC(C)(C)OC(=O)NCCOc1c(-c2ccccc2)[nH]c(=O)c2ccccc12. The fraction of sp³-hybridized carbons (Fsp3) is 0.273. The Hall–Kier alpha value is -3.28. The first-order chi connectivity index (χ1) is 13.3. The minimum atomic E-state index is -0.555. The lowest BCUT2D eigenvalue weighted by Crippen LogP contribution is -2.34. The van der Waals surface area contributed by atoms with Gasteiger partial charge in [-0.05, 0) is 26.8 Å². The lowest BCUT2D eigenvalue weighted by Gasteiger charge is -2.20. The molecule has 1 heterocycles. The van der Waals surface area contributed by atoms with E-state index in [2.05, 4.69) is 10.3 Å². The van der Waals surface area contributed by atoms with Gasteiger partial charge in [0, 0.05) is 10.9 Å². The van der Waals surface area contributed by atoms with Gasteiger partial charge >= 0.3 is 6.09 Å². The molecule has 0 aliphatic rings. The van der Waals surface area contributed by atoms with E-state index in [0.717, 1.165) is 10.9 Å². The van der Waals surface area contributed by atoms with Crippen molar-refractivity contribution in [1.82, 2.24) is 10.3 Å². The summed E-state index contributed by atoms with van der Waals surface area (Å²) in [5, 5.41) is 3.95. The highest BCUT2D eigenvalue weighted by Gasteiger charge is 2.17. The maximum absolute atomic E-state index is 12.5. The number of hydrogen-bond donors (Lipinski definition) is 2. The molecule has 0 aliphatic heterocycles. The first-order valence-electron chi connectivity index (χ1n) is 9.15. The third-order valence-corrected chi connectivity index (χ3v) is 3.96. The second kappa shape index (κ2) is 8.17. The van der Waals surface area contributed by atoms with Gasteiger partial charge in [0.2, 0.25) is 0 Å². The molecule has 6 nitrogen and oxygen atoms in total. The summed E-state index contributed by atoms with van der Waals surface area (Å²) in [6.07, 6.45) is -0.495. The third kappa shape index (κ3) is 4.71. The average molecular weight is 380 g/mol.